The minimum atomic E-state index is -0.741. The Hall–Kier alpha value is -1.96. The van der Waals surface area contributed by atoms with E-state index in [1.54, 1.807) is 0 Å². The van der Waals surface area contributed by atoms with E-state index in [9.17, 15) is 14.7 Å². The Balaban J connectivity index is 1.52. The van der Waals surface area contributed by atoms with E-state index in [1.807, 2.05) is 30.0 Å². The van der Waals surface area contributed by atoms with Crippen LogP contribution in [0.3, 0.4) is 0 Å². The second-order valence-electron chi connectivity index (χ2n) is 8.73. The molecular weight excluding hydrogens is 370 g/mol. The van der Waals surface area contributed by atoms with E-state index in [4.69, 9.17) is 10.5 Å². The topological polar surface area (TPSA) is 105 Å². The maximum atomic E-state index is 12.6. The number of aryl methyl sites for hydroxylation is 1. The number of piperidine rings is 1. The molecule has 0 saturated carbocycles. The number of nitrogens with one attached hydrogen (secondary N) is 1. The first-order valence-corrected chi connectivity index (χ1v) is 10.5. The maximum Gasteiger partial charge on any atom is 0.231 e. The molecule has 2 atom stereocenters. The van der Waals surface area contributed by atoms with Gasteiger partial charge in [-0.3, -0.25) is 14.5 Å². The molecule has 2 aliphatic rings. The van der Waals surface area contributed by atoms with Gasteiger partial charge in [-0.05, 0) is 38.2 Å². The highest BCUT2D eigenvalue weighted by molar-refractivity contribution is 5.77. The molecule has 0 unspecified atom stereocenters. The molecular formula is C22H33N3O4. The lowest BCUT2D eigenvalue weighted by atomic mass is 9.74. The van der Waals surface area contributed by atoms with Crippen molar-refractivity contribution in [1.82, 2.24) is 10.2 Å². The van der Waals surface area contributed by atoms with Crippen LogP contribution < -0.4 is 11.1 Å². The van der Waals surface area contributed by atoms with Crippen molar-refractivity contribution in [3.05, 3.63) is 35.9 Å². The van der Waals surface area contributed by atoms with Crippen LogP contribution in [0.15, 0.2) is 30.3 Å². The standard InChI is InChI=1S/C22H33N3O4/c1-21(24-20(28)9-5-8-17-6-3-2-4-7-17)16-22(29-15-18(21)26)10-12-25(13-11-22)14-19(23)27/h2-4,6-7,18,26H,5,8-16H2,1H3,(H2,23,27)(H,24,28)/t18-,21-/m1/s1. The third kappa shape index (κ3) is 5.78. The molecule has 0 aliphatic carbocycles. The summed E-state index contributed by atoms with van der Waals surface area (Å²) in [4.78, 5) is 25.8. The third-order valence-corrected chi connectivity index (χ3v) is 6.26. The van der Waals surface area contributed by atoms with Crippen LogP contribution in [0.2, 0.25) is 0 Å². The third-order valence-electron chi connectivity index (χ3n) is 6.26. The van der Waals surface area contributed by atoms with Crippen molar-refractivity contribution in [3.63, 3.8) is 0 Å². The van der Waals surface area contributed by atoms with E-state index in [2.05, 4.69) is 17.4 Å². The zero-order valence-electron chi connectivity index (χ0n) is 17.2. The number of aliphatic hydroxyl groups excluding tert-OH is 1. The van der Waals surface area contributed by atoms with E-state index >= 15 is 0 Å². The second-order valence-corrected chi connectivity index (χ2v) is 8.73. The SMILES string of the molecule is C[C@@]1(NC(=O)CCCc2ccccc2)CC2(CCN(CC(N)=O)CC2)OC[C@H]1O. The molecule has 4 N–H and O–H groups in total. The molecule has 0 bridgehead atoms. The maximum absolute atomic E-state index is 12.6. The number of likely N-dealkylation sites (tertiary alicyclic amines) is 1. The average Bonchev–Trinajstić information content (AvgIpc) is 2.67. The molecule has 7 heteroatoms. The molecule has 0 radical (unpaired) electrons. The van der Waals surface area contributed by atoms with Crippen molar-refractivity contribution in [1.29, 1.82) is 0 Å². The Morgan fingerprint density at radius 1 is 1.28 bits per heavy atom. The predicted molar refractivity (Wildman–Crippen MR) is 110 cm³/mol. The Labute approximate surface area is 172 Å². The van der Waals surface area contributed by atoms with Gasteiger partial charge < -0.3 is 20.9 Å². The van der Waals surface area contributed by atoms with Crippen LogP contribution in [0.4, 0.5) is 0 Å². The van der Waals surface area contributed by atoms with Gasteiger partial charge in [-0.2, -0.15) is 0 Å². The monoisotopic (exact) mass is 403 g/mol. The van der Waals surface area contributed by atoms with Crippen LogP contribution in [-0.2, 0) is 20.7 Å². The number of amides is 2. The number of aliphatic hydroxyl groups is 1. The number of carbonyl (C=O) groups excluding carboxylic acids is 2. The Morgan fingerprint density at radius 2 is 1.97 bits per heavy atom. The summed E-state index contributed by atoms with van der Waals surface area (Å²) in [5.74, 6) is -0.362. The number of ether oxygens (including phenoxy) is 1. The van der Waals surface area contributed by atoms with Crippen molar-refractivity contribution in [2.45, 2.75) is 62.7 Å². The van der Waals surface area contributed by atoms with Gasteiger partial charge in [-0.15, -0.1) is 0 Å². The Morgan fingerprint density at radius 3 is 2.62 bits per heavy atom. The zero-order chi connectivity index (χ0) is 20.9. The molecule has 2 heterocycles. The van der Waals surface area contributed by atoms with Crippen LogP contribution in [0, 0.1) is 0 Å². The fourth-order valence-corrected chi connectivity index (χ4v) is 4.54. The van der Waals surface area contributed by atoms with Gasteiger partial charge in [0.1, 0.15) is 6.10 Å². The number of nitrogens with zero attached hydrogens (tertiary/aromatic N) is 1. The Bertz CT molecular complexity index is 703. The van der Waals surface area contributed by atoms with Gasteiger partial charge >= 0.3 is 0 Å². The molecule has 29 heavy (non-hydrogen) atoms. The first-order valence-electron chi connectivity index (χ1n) is 10.5. The number of nitrogens with two attached hydrogens (primary N) is 1. The first kappa shape index (κ1) is 21.7. The minimum Gasteiger partial charge on any atom is -0.388 e. The van der Waals surface area contributed by atoms with Gasteiger partial charge in [0, 0.05) is 25.9 Å². The lowest BCUT2D eigenvalue weighted by Gasteiger charge is -2.52. The number of primary amides is 1. The molecule has 2 fully saturated rings. The highest BCUT2D eigenvalue weighted by Gasteiger charge is 2.50. The summed E-state index contributed by atoms with van der Waals surface area (Å²) in [5.41, 5.74) is 5.43. The summed E-state index contributed by atoms with van der Waals surface area (Å²) in [6.07, 6.45) is 3.39. The van der Waals surface area contributed by atoms with Crippen molar-refractivity contribution in [2.75, 3.05) is 26.2 Å². The molecule has 7 nitrogen and oxygen atoms in total. The summed E-state index contributed by atoms with van der Waals surface area (Å²) in [5, 5.41) is 13.6. The fraction of sp³-hybridized carbons (Fsp3) is 0.636. The van der Waals surface area contributed by atoms with E-state index in [1.165, 1.54) is 5.56 Å². The van der Waals surface area contributed by atoms with Crippen molar-refractivity contribution in [2.24, 2.45) is 5.73 Å². The van der Waals surface area contributed by atoms with Crippen molar-refractivity contribution >= 4 is 11.8 Å². The number of rotatable bonds is 7. The average molecular weight is 404 g/mol. The Kier molecular flexibility index (Phi) is 6.93. The molecule has 3 rings (SSSR count). The lowest BCUT2D eigenvalue weighted by Crippen LogP contribution is -2.65. The minimum absolute atomic E-state index is 0.0364. The van der Waals surface area contributed by atoms with Gasteiger partial charge in [-0.1, -0.05) is 30.3 Å². The highest BCUT2D eigenvalue weighted by Crippen LogP contribution is 2.39. The van der Waals surface area contributed by atoms with Gasteiger partial charge in [-0.25, -0.2) is 0 Å². The summed E-state index contributed by atoms with van der Waals surface area (Å²) >= 11 is 0. The quantitative estimate of drug-likeness (QED) is 0.630. The molecule has 1 spiro atoms. The summed E-state index contributed by atoms with van der Waals surface area (Å²) in [6.45, 7) is 3.82. The molecule has 2 amide bonds. The van der Waals surface area contributed by atoms with Gasteiger partial charge in [0.15, 0.2) is 0 Å². The smallest absolute Gasteiger partial charge is 0.231 e. The van der Waals surface area contributed by atoms with E-state index < -0.39 is 11.6 Å². The van der Waals surface area contributed by atoms with Crippen LogP contribution in [-0.4, -0.2) is 65.3 Å². The van der Waals surface area contributed by atoms with Crippen LogP contribution in [0.5, 0.6) is 0 Å². The number of hydrogen-bond donors (Lipinski definition) is 3. The van der Waals surface area contributed by atoms with Crippen molar-refractivity contribution in [3.8, 4) is 0 Å². The summed E-state index contributed by atoms with van der Waals surface area (Å²) in [6, 6.07) is 10.1. The molecule has 1 aromatic rings. The zero-order valence-corrected chi connectivity index (χ0v) is 17.2. The van der Waals surface area contributed by atoms with Crippen LogP contribution >= 0.6 is 0 Å². The predicted octanol–water partition coefficient (Wildman–Crippen LogP) is 0.985. The number of benzene rings is 1. The van der Waals surface area contributed by atoms with Gasteiger partial charge in [0.25, 0.3) is 0 Å². The highest BCUT2D eigenvalue weighted by atomic mass is 16.5. The van der Waals surface area contributed by atoms with Gasteiger partial charge in [0.2, 0.25) is 11.8 Å². The molecule has 1 aromatic carbocycles. The van der Waals surface area contributed by atoms with Crippen LogP contribution in [0.1, 0.15) is 44.6 Å². The molecule has 160 valence electrons. The summed E-state index contributed by atoms with van der Waals surface area (Å²) in [7, 11) is 0. The van der Waals surface area contributed by atoms with E-state index in [0.29, 0.717) is 12.8 Å². The number of hydrogen-bond acceptors (Lipinski definition) is 5. The first-order chi connectivity index (χ1) is 13.8. The van der Waals surface area contributed by atoms with E-state index in [0.717, 1.165) is 38.8 Å². The lowest BCUT2D eigenvalue weighted by molar-refractivity contribution is -0.181. The number of carbonyl (C=O) groups is 2. The van der Waals surface area contributed by atoms with E-state index in [-0.39, 0.29) is 30.6 Å². The molecule has 0 aromatic heterocycles. The van der Waals surface area contributed by atoms with Crippen LogP contribution in [0.25, 0.3) is 0 Å². The second kappa shape index (κ2) is 9.24. The summed E-state index contributed by atoms with van der Waals surface area (Å²) < 4.78 is 6.04. The largest absolute Gasteiger partial charge is 0.388 e. The fourth-order valence-electron chi connectivity index (χ4n) is 4.54. The van der Waals surface area contributed by atoms with Gasteiger partial charge in [0.05, 0.1) is 24.3 Å². The normalized spacial score (nSPS) is 26.9. The van der Waals surface area contributed by atoms with Crippen molar-refractivity contribution < 1.29 is 19.4 Å². The molecule has 2 saturated heterocycles. The molecule has 2 aliphatic heterocycles.